The molecular weight excluding hydrogens is 216 g/mol. The molecule has 0 heterocycles. The maximum atomic E-state index is 11.1. The third-order valence-corrected chi connectivity index (χ3v) is 2.67. The van der Waals surface area contributed by atoms with Crippen LogP contribution < -0.4 is 0 Å². The average molecular weight is 242 g/mol. The minimum atomic E-state index is -0.200. The van der Waals surface area contributed by atoms with Crippen molar-refractivity contribution in [3.05, 3.63) is 12.7 Å². The van der Waals surface area contributed by atoms with E-state index in [2.05, 4.69) is 11.3 Å². The lowest BCUT2D eigenvalue weighted by Crippen LogP contribution is -2.18. The van der Waals surface area contributed by atoms with Gasteiger partial charge in [-0.05, 0) is 26.2 Å². The molecule has 0 fully saturated rings. The molecular formula is C14H26O3. The molecule has 1 unspecified atom stereocenters. The number of carbonyl (C=O) groups is 1. The highest BCUT2D eigenvalue weighted by Gasteiger charge is 2.12. The lowest BCUT2D eigenvalue weighted by molar-refractivity contribution is -0.146. The Morgan fingerprint density at radius 3 is 2.53 bits per heavy atom. The monoisotopic (exact) mass is 242 g/mol. The van der Waals surface area contributed by atoms with Crippen LogP contribution in [0, 0.1) is 5.92 Å². The van der Waals surface area contributed by atoms with Gasteiger partial charge in [-0.2, -0.15) is 0 Å². The molecule has 0 amide bonds. The Kier molecular flexibility index (Phi) is 11.1. The van der Waals surface area contributed by atoms with Crippen LogP contribution in [0.4, 0.5) is 0 Å². The van der Waals surface area contributed by atoms with Crippen molar-refractivity contribution in [1.82, 2.24) is 0 Å². The van der Waals surface area contributed by atoms with E-state index in [-0.39, 0.29) is 11.9 Å². The molecule has 3 nitrogen and oxygen atoms in total. The summed E-state index contributed by atoms with van der Waals surface area (Å²) >= 11 is 0. The number of carbonyl (C=O) groups excluding carboxylic acids is 1. The highest BCUT2D eigenvalue weighted by molar-refractivity contribution is 5.71. The fraction of sp³-hybridized carbons (Fsp3) is 0.786. The zero-order chi connectivity index (χ0) is 12.9. The van der Waals surface area contributed by atoms with Gasteiger partial charge in [0.05, 0.1) is 19.6 Å². The van der Waals surface area contributed by atoms with Crippen LogP contribution in [-0.4, -0.2) is 26.3 Å². The number of hydrogen-bond donors (Lipinski definition) is 0. The van der Waals surface area contributed by atoms with Crippen LogP contribution >= 0.6 is 0 Å². The van der Waals surface area contributed by atoms with Crippen molar-refractivity contribution in [2.24, 2.45) is 5.92 Å². The van der Waals surface area contributed by atoms with Crippen molar-refractivity contribution >= 4 is 5.97 Å². The second-order valence-corrected chi connectivity index (χ2v) is 4.34. The number of hydrogen-bond acceptors (Lipinski definition) is 3. The van der Waals surface area contributed by atoms with Gasteiger partial charge in [0.15, 0.2) is 0 Å². The van der Waals surface area contributed by atoms with Crippen LogP contribution in [-0.2, 0) is 14.3 Å². The standard InChI is InChI=1S/C14H26O3/c1-4-5-6-7-8-9-10-11-17-12-13(2)14(15)16-3/h4,13H,1,5-12H2,2-3H3. The fourth-order valence-corrected chi connectivity index (χ4v) is 1.55. The predicted octanol–water partition coefficient (Wildman–Crippen LogP) is 3.34. The number of rotatable bonds is 11. The Balaban J connectivity index is 3.18. The van der Waals surface area contributed by atoms with Crippen molar-refractivity contribution in [3.8, 4) is 0 Å². The van der Waals surface area contributed by atoms with Gasteiger partial charge in [-0.1, -0.05) is 25.3 Å². The molecule has 0 rings (SSSR count). The summed E-state index contributed by atoms with van der Waals surface area (Å²) < 4.78 is 10.0. The summed E-state index contributed by atoms with van der Waals surface area (Å²) in [6.07, 6.45) is 9.12. The molecule has 0 spiro atoms. The van der Waals surface area contributed by atoms with Crippen molar-refractivity contribution in [1.29, 1.82) is 0 Å². The second-order valence-electron chi connectivity index (χ2n) is 4.34. The second kappa shape index (κ2) is 11.6. The van der Waals surface area contributed by atoms with Crippen LogP contribution in [0.1, 0.15) is 45.4 Å². The van der Waals surface area contributed by atoms with Gasteiger partial charge in [0, 0.05) is 6.61 Å². The molecule has 0 aliphatic heterocycles. The molecule has 1 atom stereocenters. The molecule has 3 heteroatoms. The first kappa shape index (κ1) is 16.2. The van der Waals surface area contributed by atoms with Gasteiger partial charge in [0.25, 0.3) is 0 Å². The van der Waals surface area contributed by atoms with Crippen molar-refractivity contribution in [2.75, 3.05) is 20.3 Å². The minimum Gasteiger partial charge on any atom is -0.469 e. The van der Waals surface area contributed by atoms with Crippen molar-refractivity contribution in [2.45, 2.75) is 45.4 Å². The third-order valence-electron chi connectivity index (χ3n) is 2.67. The molecule has 0 aliphatic carbocycles. The molecule has 0 aliphatic rings. The summed E-state index contributed by atoms with van der Waals surface area (Å²) in [4.78, 5) is 11.1. The molecule has 0 radical (unpaired) electrons. The zero-order valence-electron chi connectivity index (χ0n) is 11.2. The van der Waals surface area contributed by atoms with Crippen LogP contribution in [0.25, 0.3) is 0 Å². The average Bonchev–Trinajstić information content (AvgIpc) is 2.35. The Morgan fingerprint density at radius 1 is 1.24 bits per heavy atom. The van der Waals surface area contributed by atoms with Crippen LogP contribution in [0.2, 0.25) is 0 Å². The Hall–Kier alpha value is -0.830. The third kappa shape index (κ3) is 10.1. The number of esters is 1. The van der Waals surface area contributed by atoms with E-state index in [0.29, 0.717) is 6.61 Å². The summed E-state index contributed by atoms with van der Waals surface area (Å²) in [6.45, 7) is 6.72. The highest BCUT2D eigenvalue weighted by Crippen LogP contribution is 2.06. The molecule has 0 bridgehead atoms. The molecule has 0 aromatic rings. The molecule has 17 heavy (non-hydrogen) atoms. The zero-order valence-corrected chi connectivity index (χ0v) is 11.2. The number of unbranched alkanes of at least 4 members (excludes halogenated alkanes) is 5. The largest absolute Gasteiger partial charge is 0.469 e. The first-order chi connectivity index (χ1) is 8.22. The van der Waals surface area contributed by atoms with Crippen LogP contribution in [0.15, 0.2) is 12.7 Å². The van der Waals surface area contributed by atoms with E-state index in [0.717, 1.165) is 19.4 Å². The minimum absolute atomic E-state index is 0.160. The number of allylic oxidation sites excluding steroid dienone is 1. The first-order valence-corrected chi connectivity index (χ1v) is 6.48. The van der Waals surface area contributed by atoms with E-state index < -0.39 is 0 Å². The summed E-state index contributed by atoms with van der Waals surface area (Å²) in [5.41, 5.74) is 0. The van der Waals surface area contributed by atoms with Crippen LogP contribution in [0.3, 0.4) is 0 Å². The van der Waals surface area contributed by atoms with Crippen molar-refractivity contribution < 1.29 is 14.3 Å². The topological polar surface area (TPSA) is 35.5 Å². The highest BCUT2D eigenvalue weighted by atomic mass is 16.5. The molecule has 0 N–H and O–H groups in total. The Morgan fingerprint density at radius 2 is 1.88 bits per heavy atom. The van der Waals surface area contributed by atoms with Crippen molar-refractivity contribution in [3.63, 3.8) is 0 Å². The Labute approximate surface area is 105 Å². The maximum Gasteiger partial charge on any atom is 0.310 e. The normalized spacial score (nSPS) is 12.1. The van der Waals surface area contributed by atoms with E-state index in [4.69, 9.17) is 4.74 Å². The van der Waals surface area contributed by atoms with E-state index >= 15 is 0 Å². The maximum absolute atomic E-state index is 11.1. The van der Waals surface area contributed by atoms with E-state index in [9.17, 15) is 4.79 Å². The van der Waals surface area contributed by atoms with Gasteiger partial charge in [-0.25, -0.2) is 0 Å². The molecule has 0 aromatic heterocycles. The predicted molar refractivity (Wildman–Crippen MR) is 69.9 cm³/mol. The van der Waals surface area contributed by atoms with Crippen LogP contribution in [0.5, 0.6) is 0 Å². The smallest absolute Gasteiger partial charge is 0.310 e. The fourth-order valence-electron chi connectivity index (χ4n) is 1.55. The number of methoxy groups -OCH3 is 1. The molecule has 0 saturated heterocycles. The van der Waals surface area contributed by atoms with Gasteiger partial charge in [0.2, 0.25) is 0 Å². The molecule has 100 valence electrons. The van der Waals surface area contributed by atoms with Gasteiger partial charge in [0.1, 0.15) is 0 Å². The van der Waals surface area contributed by atoms with E-state index in [1.54, 1.807) is 0 Å². The SMILES string of the molecule is C=CCCCCCCCOCC(C)C(=O)OC. The molecule has 0 saturated carbocycles. The summed E-state index contributed by atoms with van der Waals surface area (Å²) in [5, 5.41) is 0. The quantitative estimate of drug-likeness (QED) is 0.317. The lowest BCUT2D eigenvalue weighted by Gasteiger charge is -2.09. The van der Waals surface area contributed by atoms with Gasteiger partial charge in [-0.3, -0.25) is 4.79 Å². The van der Waals surface area contributed by atoms with Gasteiger partial charge in [-0.15, -0.1) is 6.58 Å². The summed E-state index contributed by atoms with van der Waals surface area (Å²) in [5.74, 6) is -0.359. The summed E-state index contributed by atoms with van der Waals surface area (Å²) in [6, 6.07) is 0. The molecule has 0 aromatic carbocycles. The Bertz CT molecular complexity index is 202. The van der Waals surface area contributed by atoms with Gasteiger partial charge >= 0.3 is 5.97 Å². The lowest BCUT2D eigenvalue weighted by atomic mass is 10.1. The van der Waals surface area contributed by atoms with Gasteiger partial charge < -0.3 is 9.47 Å². The van der Waals surface area contributed by atoms with E-state index in [1.165, 1.54) is 32.8 Å². The summed E-state index contributed by atoms with van der Waals surface area (Å²) in [7, 11) is 1.40. The number of ether oxygens (including phenoxy) is 2. The first-order valence-electron chi connectivity index (χ1n) is 6.48. The van der Waals surface area contributed by atoms with E-state index in [1.807, 2.05) is 13.0 Å².